The molecule has 0 aromatic heterocycles. The number of hydrogen-bond donors (Lipinski definition) is 1. The molecule has 0 aromatic carbocycles. The van der Waals surface area contributed by atoms with Crippen molar-refractivity contribution in [3.63, 3.8) is 0 Å². The third-order valence-corrected chi connectivity index (χ3v) is 9.64. The smallest absolute Gasteiger partial charge is 0.381 e. The van der Waals surface area contributed by atoms with Gasteiger partial charge in [0.1, 0.15) is 13.2 Å². The molecule has 4 rings (SSSR count). The predicted octanol–water partition coefficient (Wildman–Crippen LogP) is 6.57. The standard InChI is InChI=1S/C27H52NO5P/c1-5-6-7-8-9-10-14-31-15-11-26-19-24-18-25(20-26)22-27(21-24,23-26)12-16-32-34(29,30)33-17-13-28(2,3)4/h24-25H,5-23H2,1-4H3/p+1. The van der Waals surface area contributed by atoms with Gasteiger partial charge in [-0.2, -0.15) is 0 Å². The summed E-state index contributed by atoms with van der Waals surface area (Å²) in [6, 6.07) is 0. The molecule has 200 valence electrons. The third-order valence-electron chi connectivity index (χ3n) is 8.63. The van der Waals surface area contributed by atoms with Gasteiger partial charge in [-0.15, -0.1) is 0 Å². The minimum absolute atomic E-state index is 0.231. The van der Waals surface area contributed by atoms with E-state index in [4.69, 9.17) is 13.8 Å². The Kier molecular flexibility index (Phi) is 10.5. The highest BCUT2D eigenvalue weighted by Gasteiger charge is 2.57. The molecule has 1 N–H and O–H groups in total. The zero-order valence-electron chi connectivity index (χ0n) is 22.6. The molecular formula is C27H53NO5P+. The lowest BCUT2D eigenvalue weighted by atomic mass is 9.43. The van der Waals surface area contributed by atoms with E-state index in [-0.39, 0.29) is 12.0 Å². The molecule has 0 amide bonds. The molecule has 0 spiro atoms. The van der Waals surface area contributed by atoms with E-state index in [9.17, 15) is 9.46 Å². The fraction of sp³-hybridized carbons (Fsp3) is 1.00. The molecule has 0 aromatic rings. The van der Waals surface area contributed by atoms with E-state index in [2.05, 4.69) is 6.92 Å². The van der Waals surface area contributed by atoms with Crippen LogP contribution in [0, 0.1) is 22.7 Å². The minimum Gasteiger partial charge on any atom is -0.381 e. The second kappa shape index (κ2) is 12.5. The number of unbranched alkanes of at least 4 members (excludes halogenated alkanes) is 5. The molecule has 3 atom stereocenters. The fourth-order valence-electron chi connectivity index (χ4n) is 7.45. The summed E-state index contributed by atoms with van der Waals surface area (Å²) >= 11 is 0. The van der Waals surface area contributed by atoms with Gasteiger partial charge in [0.2, 0.25) is 0 Å². The Hall–Kier alpha value is 0.0300. The molecule has 4 saturated carbocycles. The number of phosphoric acid groups is 1. The van der Waals surface area contributed by atoms with Crippen LogP contribution in [0.15, 0.2) is 0 Å². The van der Waals surface area contributed by atoms with Crippen LogP contribution >= 0.6 is 7.82 Å². The molecule has 34 heavy (non-hydrogen) atoms. The lowest BCUT2D eigenvalue weighted by Crippen LogP contribution is -2.52. The van der Waals surface area contributed by atoms with E-state index in [1.807, 2.05) is 21.1 Å². The highest BCUT2D eigenvalue weighted by molar-refractivity contribution is 7.47. The van der Waals surface area contributed by atoms with Gasteiger partial charge in [0.05, 0.1) is 27.7 Å². The number of likely N-dealkylation sites (N-methyl/N-ethyl adjacent to an activating group) is 1. The van der Waals surface area contributed by atoms with Gasteiger partial charge in [-0.3, -0.25) is 9.05 Å². The molecule has 0 heterocycles. The Morgan fingerprint density at radius 3 is 2.00 bits per heavy atom. The number of ether oxygens (including phenoxy) is 1. The summed E-state index contributed by atoms with van der Waals surface area (Å²) in [6.07, 6.45) is 17.8. The van der Waals surface area contributed by atoms with E-state index in [1.54, 1.807) is 0 Å². The van der Waals surface area contributed by atoms with Gasteiger partial charge >= 0.3 is 7.82 Å². The Labute approximate surface area is 209 Å². The Morgan fingerprint density at radius 2 is 1.38 bits per heavy atom. The van der Waals surface area contributed by atoms with Gasteiger partial charge in [0.15, 0.2) is 0 Å². The van der Waals surface area contributed by atoms with Crippen LogP contribution in [0.1, 0.15) is 96.8 Å². The van der Waals surface area contributed by atoms with Crippen molar-refractivity contribution >= 4 is 7.82 Å². The summed E-state index contributed by atoms with van der Waals surface area (Å²) in [5.41, 5.74) is 0.709. The normalized spacial score (nSPS) is 32.3. The fourth-order valence-corrected chi connectivity index (χ4v) is 8.16. The SMILES string of the molecule is CCCCCCCCOCCC12CC3CC(C1)CC(CCOP(=O)(O)OCC[N+](C)(C)C)(C3)C2. The van der Waals surface area contributed by atoms with Crippen LogP contribution in [0.4, 0.5) is 0 Å². The Morgan fingerprint density at radius 1 is 0.824 bits per heavy atom. The lowest BCUT2D eigenvalue weighted by Gasteiger charge is -2.62. The van der Waals surface area contributed by atoms with E-state index in [0.29, 0.717) is 23.0 Å². The second-order valence-corrected chi connectivity index (χ2v) is 14.4. The van der Waals surface area contributed by atoms with Gasteiger partial charge in [0.25, 0.3) is 0 Å². The zero-order valence-corrected chi connectivity index (χ0v) is 23.5. The summed E-state index contributed by atoms with van der Waals surface area (Å²) in [4.78, 5) is 10.1. The molecule has 0 aliphatic heterocycles. The predicted molar refractivity (Wildman–Crippen MR) is 138 cm³/mol. The lowest BCUT2D eigenvalue weighted by molar-refractivity contribution is -0.870. The molecular weight excluding hydrogens is 449 g/mol. The van der Waals surface area contributed by atoms with Crippen molar-refractivity contribution in [2.45, 2.75) is 96.8 Å². The van der Waals surface area contributed by atoms with Crippen LogP contribution in [0.5, 0.6) is 0 Å². The maximum Gasteiger partial charge on any atom is 0.472 e. The Bertz CT molecular complexity index is 650. The number of rotatable bonds is 18. The van der Waals surface area contributed by atoms with E-state index in [0.717, 1.165) is 31.5 Å². The van der Waals surface area contributed by atoms with Crippen LogP contribution in [0.2, 0.25) is 0 Å². The first kappa shape index (κ1) is 28.6. The molecule has 6 nitrogen and oxygen atoms in total. The van der Waals surface area contributed by atoms with Gasteiger partial charge < -0.3 is 14.1 Å². The van der Waals surface area contributed by atoms with Crippen molar-refractivity contribution in [3.05, 3.63) is 0 Å². The molecule has 0 saturated heterocycles. The highest BCUT2D eigenvalue weighted by Crippen LogP contribution is 2.67. The van der Waals surface area contributed by atoms with Gasteiger partial charge in [-0.25, -0.2) is 4.57 Å². The van der Waals surface area contributed by atoms with E-state index < -0.39 is 7.82 Å². The molecule has 4 fully saturated rings. The highest BCUT2D eigenvalue weighted by atomic mass is 31.2. The summed E-state index contributed by atoms with van der Waals surface area (Å²) in [7, 11) is 2.14. The average molecular weight is 503 g/mol. The van der Waals surface area contributed by atoms with Crippen LogP contribution in [0.25, 0.3) is 0 Å². The summed E-state index contributed by atoms with van der Waals surface area (Å²) < 4.78 is 29.8. The number of quaternary nitrogens is 1. The van der Waals surface area contributed by atoms with Crippen molar-refractivity contribution in [3.8, 4) is 0 Å². The van der Waals surface area contributed by atoms with Crippen LogP contribution < -0.4 is 0 Å². The van der Waals surface area contributed by atoms with Crippen molar-refractivity contribution in [2.75, 3.05) is 54.1 Å². The van der Waals surface area contributed by atoms with E-state index in [1.165, 1.54) is 83.5 Å². The summed E-state index contributed by atoms with van der Waals surface area (Å²) in [5, 5.41) is 0. The number of phosphoric ester groups is 1. The maximum absolute atomic E-state index is 12.3. The summed E-state index contributed by atoms with van der Waals surface area (Å²) in [5.74, 6) is 1.64. The topological polar surface area (TPSA) is 65.0 Å². The number of hydrogen-bond acceptors (Lipinski definition) is 4. The number of nitrogens with zero attached hydrogens (tertiary/aromatic N) is 1. The monoisotopic (exact) mass is 502 g/mol. The average Bonchev–Trinajstić information content (AvgIpc) is 2.70. The van der Waals surface area contributed by atoms with Crippen LogP contribution in [0.3, 0.4) is 0 Å². The van der Waals surface area contributed by atoms with Crippen molar-refractivity contribution in [1.82, 2.24) is 0 Å². The Balaban J connectivity index is 1.39. The van der Waals surface area contributed by atoms with Crippen molar-refractivity contribution in [2.24, 2.45) is 22.7 Å². The zero-order chi connectivity index (χ0) is 24.7. The molecule has 7 heteroatoms. The van der Waals surface area contributed by atoms with Gasteiger partial charge in [0, 0.05) is 13.2 Å². The largest absolute Gasteiger partial charge is 0.472 e. The minimum atomic E-state index is -3.97. The van der Waals surface area contributed by atoms with Crippen molar-refractivity contribution in [1.29, 1.82) is 0 Å². The molecule has 0 radical (unpaired) electrons. The molecule has 4 aliphatic carbocycles. The molecule has 4 bridgehead atoms. The van der Waals surface area contributed by atoms with E-state index >= 15 is 0 Å². The van der Waals surface area contributed by atoms with Gasteiger partial charge in [-0.05, 0) is 80.5 Å². The third kappa shape index (κ3) is 9.16. The first-order chi connectivity index (χ1) is 16.0. The van der Waals surface area contributed by atoms with Crippen LogP contribution in [-0.4, -0.2) is 63.5 Å². The van der Waals surface area contributed by atoms with Crippen molar-refractivity contribution < 1.29 is 27.7 Å². The second-order valence-electron chi connectivity index (χ2n) is 13.0. The maximum atomic E-state index is 12.3. The van der Waals surface area contributed by atoms with Crippen LogP contribution in [-0.2, 0) is 18.3 Å². The summed E-state index contributed by atoms with van der Waals surface area (Å²) in [6.45, 7) is 5.29. The first-order valence-electron chi connectivity index (χ1n) is 14.0. The van der Waals surface area contributed by atoms with Gasteiger partial charge in [-0.1, -0.05) is 39.0 Å². The quantitative estimate of drug-likeness (QED) is 0.130. The molecule has 3 unspecified atom stereocenters. The first-order valence-corrected chi connectivity index (χ1v) is 15.5. The molecule has 4 aliphatic rings.